The van der Waals surface area contributed by atoms with Gasteiger partial charge in [-0.3, -0.25) is 4.79 Å². The number of nitrogens with zero attached hydrogens (tertiary/aromatic N) is 1. The summed E-state index contributed by atoms with van der Waals surface area (Å²) in [7, 11) is -1.93. The zero-order valence-electron chi connectivity index (χ0n) is 14.2. The first kappa shape index (κ1) is 19.6. The van der Waals surface area contributed by atoms with Crippen molar-refractivity contribution < 1.29 is 13.2 Å². The van der Waals surface area contributed by atoms with Crippen LogP contribution < -0.4 is 10.5 Å². The largest absolute Gasteiger partial charge is 0.343 e. The average Bonchev–Trinajstić information content (AvgIpc) is 2.52. The number of hydrogen-bond donors (Lipinski definition) is 2. The van der Waals surface area contributed by atoms with E-state index in [4.69, 9.17) is 5.73 Å². The molecule has 23 heavy (non-hydrogen) atoms. The summed E-state index contributed by atoms with van der Waals surface area (Å²) in [6.45, 7) is 6.22. The first-order valence-electron chi connectivity index (χ1n) is 7.76. The molecule has 6 nitrogen and oxygen atoms in total. The Morgan fingerprint density at radius 3 is 2.39 bits per heavy atom. The summed E-state index contributed by atoms with van der Waals surface area (Å²) < 4.78 is 26.8. The number of aryl methyl sites for hydroxylation is 1. The molecule has 0 aliphatic carbocycles. The summed E-state index contributed by atoms with van der Waals surface area (Å²) in [6, 6.07) is 6.06. The molecule has 0 aliphatic rings. The third-order valence-electron chi connectivity index (χ3n) is 3.99. The molecule has 1 rings (SSSR count). The Bertz CT molecular complexity index is 614. The highest BCUT2D eigenvalue weighted by molar-refractivity contribution is 7.89. The molecule has 0 radical (unpaired) electrons. The highest BCUT2D eigenvalue weighted by Crippen LogP contribution is 2.10. The molecule has 0 saturated heterocycles. The molecule has 1 aromatic carbocycles. The first-order chi connectivity index (χ1) is 10.7. The van der Waals surface area contributed by atoms with Crippen LogP contribution in [0.3, 0.4) is 0 Å². The highest BCUT2D eigenvalue weighted by Gasteiger charge is 2.23. The maximum Gasteiger partial charge on any atom is 0.240 e. The summed E-state index contributed by atoms with van der Waals surface area (Å²) in [4.78, 5) is 13.8. The smallest absolute Gasteiger partial charge is 0.240 e. The van der Waals surface area contributed by atoms with Gasteiger partial charge >= 0.3 is 0 Å². The number of amides is 1. The fraction of sp³-hybridized carbons (Fsp3) is 0.562. The van der Waals surface area contributed by atoms with E-state index in [0.29, 0.717) is 0 Å². The number of benzene rings is 1. The van der Waals surface area contributed by atoms with Crippen molar-refractivity contribution in [1.82, 2.24) is 9.62 Å². The second kappa shape index (κ2) is 8.42. The SMILES string of the molecule is CCC(C)C(N)C(=O)N(C)CCNS(=O)(=O)c1ccc(C)cc1. The minimum Gasteiger partial charge on any atom is -0.343 e. The Balaban J connectivity index is 2.55. The van der Waals surface area contributed by atoms with Gasteiger partial charge in [-0.05, 0) is 25.0 Å². The van der Waals surface area contributed by atoms with Crippen molar-refractivity contribution in [3.05, 3.63) is 29.8 Å². The van der Waals surface area contributed by atoms with E-state index in [0.717, 1.165) is 12.0 Å². The number of likely N-dealkylation sites (N-methyl/N-ethyl adjacent to an activating group) is 1. The lowest BCUT2D eigenvalue weighted by atomic mass is 9.99. The Hall–Kier alpha value is -1.44. The molecular formula is C16H27N3O3S. The van der Waals surface area contributed by atoms with E-state index in [1.807, 2.05) is 20.8 Å². The second-order valence-electron chi connectivity index (χ2n) is 5.88. The number of rotatable bonds is 8. The molecule has 0 heterocycles. The number of hydrogen-bond acceptors (Lipinski definition) is 4. The predicted molar refractivity (Wildman–Crippen MR) is 91.4 cm³/mol. The topological polar surface area (TPSA) is 92.5 Å². The van der Waals surface area contributed by atoms with E-state index in [1.54, 1.807) is 31.3 Å². The minimum absolute atomic E-state index is 0.0919. The van der Waals surface area contributed by atoms with Crippen LogP contribution in [0.15, 0.2) is 29.2 Å². The van der Waals surface area contributed by atoms with E-state index in [2.05, 4.69) is 4.72 Å². The number of carbonyl (C=O) groups is 1. The molecule has 0 fully saturated rings. The van der Waals surface area contributed by atoms with Crippen molar-refractivity contribution in [3.8, 4) is 0 Å². The van der Waals surface area contributed by atoms with Crippen molar-refractivity contribution in [2.24, 2.45) is 11.7 Å². The van der Waals surface area contributed by atoms with Crippen molar-refractivity contribution in [2.75, 3.05) is 20.1 Å². The maximum atomic E-state index is 12.1. The molecule has 0 bridgehead atoms. The number of nitrogens with one attached hydrogen (secondary N) is 1. The van der Waals surface area contributed by atoms with Crippen molar-refractivity contribution in [2.45, 2.75) is 38.1 Å². The molecule has 0 aliphatic heterocycles. The van der Waals surface area contributed by atoms with E-state index in [1.165, 1.54) is 4.90 Å². The number of nitrogens with two attached hydrogens (primary N) is 1. The molecule has 1 aromatic rings. The zero-order chi connectivity index (χ0) is 17.6. The van der Waals surface area contributed by atoms with Crippen LogP contribution in [0.1, 0.15) is 25.8 Å². The summed E-state index contributed by atoms with van der Waals surface area (Å²) in [5.74, 6) is -0.0805. The van der Waals surface area contributed by atoms with Gasteiger partial charge in [-0.2, -0.15) is 0 Å². The Morgan fingerprint density at radius 2 is 1.87 bits per heavy atom. The molecule has 2 unspecified atom stereocenters. The molecular weight excluding hydrogens is 314 g/mol. The van der Waals surface area contributed by atoms with Crippen LogP contribution >= 0.6 is 0 Å². The quantitative estimate of drug-likeness (QED) is 0.741. The normalized spacial score (nSPS) is 14.3. The van der Waals surface area contributed by atoms with Gasteiger partial charge in [-0.1, -0.05) is 38.0 Å². The van der Waals surface area contributed by atoms with Gasteiger partial charge in [0.05, 0.1) is 10.9 Å². The first-order valence-corrected chi connectivity index (χ1v) is 9.24. The fourth-order valence-corrected chi connectivity index (χ4v) is 3.03. The third-order valence-corrected chi connectivity index (χ3v) is 5.47. The molecule has 0 spiro atoms. The Morgan fingerprint density at radius 1 is 1.30 bits per heavy atom. The van der Waals surface area contributed by atoms with Crippen LogP contribution in [-0.2, 0) is 14.8 Å². The third kappa shape index (κ3) is 5.60. The van der Waals surface area contributed by atoms with Crippen LogP contribution in [0.25, 0.3) is 0 Å². The zero-order valence-corrected chi connectivity index (χ0v) is 15.1. The van der Waals surface area contributed by atoms with E-state index >= 15 is 0 Å². The predicted octanol–water partition coefficient (Wildman–Crippen LogP) is 1.11. The second-order valence-corrected chi connectivity index (χ2v) is 7.65. The van der Waals surface area contributed by atoms with Crippen molar-refractivity contribution in [1.29, 1.82) is 0 Å². The molecule has 130 valence electrons. The van der Waals surface area contributed by atoms with Gasteiger partial charge < -0.3 is 10.6 Å². The van der Waals surface area contributed by atoms with Gasteiger partial charge in [0.1, 0.15) is 0 Å². The van der Waals surface area contributed by atoms with Gasteiger partial charge in [0, 0.05) is 20.1 Å². The van der Waals surface area contributed by atoms with Crippen LogP contribution in [-0.4, -0.2) is 45.4 Å². The summed E-state index contributed by atoms with van der Waals surface area (Å²) >= 11 is 0. The van der Waals surface area contributed by atoms with Gasteiger partial charge in [0.15, 0.2) is 0 Å². The van der Waals surface area contributed by atoms with Gasteiger partial charge in [0.25, 0.3) is 0 Å². The van der Waals surface area contributed by atoms with E-state index in [-0.39, 0.29) is 29.8 Å². The van der Waals surface area contributed by atoms with Gasteiger partial charge in [-0.25, -0.2) is 13.1 Å². The average molecular weight is 341 g/mol. The monoisotopic (exact) mass is 341 g/mol. The lowest BCUT2D eigenvalue weighted by molar-refractivity contribution is -0.132. The molecule has 1 amide bonds. The van der Waals surface area contributed by atoms with E-state index < -0.39 is 16.1 Å². The number of sulfonamides is 1. The standard InChI is InChI=1S/C16H27N3O3S/c1-5-13(3)15(17)16(20)19(4)11-10-18-23(21,22)14-8-6-12(2)7-9-14/h6-9,13,15,18H,5,10-11,17H2,1-4H3. The Labute approximate surface area is 139 Å². The minimum atomic E-state index is -3.56. The summed E-state index contributed by atoms with van der Waals surface area (Å²) in [6.07, 6.45) is 0.820. The molecule has 0 aromatic heterocycles. The Kier molecular flexibility index (Phi) is 7.18. The molecule has 3 N–H and O–H groups in total. The molecule has 7 heteroatoms. The molecule has 2 atom stereocenters. The van der Waals surface area contributed by atoms with Crippen molar-refractivity contribution >= 4 is 15.9 Å². The van der Waals surface area contributed by atoms with Crippen LogP contribution in [0.2, 0.25) is 0 Å². The summed E-state index contributed by atoms with van der Waals surface area (Å²) in [5, 5.41) is 0. The lowest BCUT2D eigenvalue weighted by Crippen LogP contribution is -2.47. The molecule has 0 saturated carbocycles. The van der Waals surface area contributed by atoms with E-state index in [9.17, 15) is 13.2 Å². The van der Waals surface area contributed by atoms with Crippen LogP contribution in [0.5, 0.6) is 0 Å². The van der Waals surface area contributed by atoms with Crippen LogP contribution in [0.4, 0.5) is 0 Å². The maximum absolute atomic E-state index is 12.1. The van der Waals surface area contributed by atoms with Crippen molar-refractivity contribution in [3.63, 3.8) is 0 Å². The number of carbonyl (C=O) groups excluding carboxylic acids is 1. The highest BCUT2D eigenvalue weighted by atomic mass is 32.2. The van der Waals surface area contributed by atoms with Gasteiger partial charge in [-0.15, -0.1) is 0 Å². The van der Waals surface area contributed by atoms with Crippen LogP contribution in [0, 0.1) is 12.8 Å². The fourth-order valence-electron chi connectivity index (χ4n) is 2.01. The summed E-state index contributed by atoms with van der Waals surface area (Å²) in [5.41, 5.74) is 6.90. The van der Waals surface area contributed by atoms with Gasteiger partial charge in [0.2, 0.25) is 15.9 Å². The lowest BCUT2D eigenvalue weighted by Gasteiger charge is -2.24.